The van der Waals surface area contributed by atoms with Gasteiger partial charge in [0.1, 0.15) is 0 Å². The summed E-state index contributed by atoms with van der Waals surface area (Å²) in [6.45, 7) is 9.95. The van der Waals surface area contributed by atoms with Gasteiger partial charge in [0.2, 0.25) is 15.9 Å². The van der Waals surface area contributed by atoms with Gasteiger partial charge in [-0.05, 0) is 73.6 Å². The molecule has 2 aromatic carbocycles. The van der Waals surface area contributed by atoms with Crippen molar-refractivity contribution in [3.8, 4) is 11.5 Å². The Morgan fingerprint density at radius 1 is 0.971 bits per heavy atom. The van der Waals surface area contributed by atoms with E-state index in [1.807, 2.05) is 38.1 Å². The molecule has 1 N–H and O–H groups in total. The number of hydrogen-bond acceptors (Lipinski definition) is 5. The number of nitrogens with zero attached hydrogens (tertiary/aromatic N) is 1. The summed E-state index contributed by atoms with van der Waals surface area (Å²) >= 11 is 0. The van der Waals surface area contributed by atoms with Gasteiger partial charge in [0, 0.05) is 25.4 Å². The number of carbonyl (C=O) groups is 1. The molecule has 0 unspecified atom stereocenters. The zero-order chi connectivity index (χ0) is 25.2. The number of amides is 1. The Bertz CT molecular complexity index is 1170. The number of ether oxygens (including phenoxy) is 2. The third kappa shape index (κ3) is 5.64. The number of rotatable bonds is 6. The Morgan fingerprint density at radius 2 is 1.66 bits per heavy atom. The van der Waals surface area contributed by atoms with Gasteiger partial charge in [0.15, 0.2) is 11.5 Å². The summed E-state index contributed by atoms with van der Waals surface area (Å²) < 4.78 is 39.3. The van der Waals surface area contributed by atoms with E-state index in [0.717, 1.165) is 28.9 Å². The standard InChI is InChI=1S/C27H36N2O5S/c1-18(2)26(22-7-9-24-25(17-22)34-15-5-14-33-24)28-27(30)21-10-12-29(13-11-21)35(31,32)23-8-6-19(3)20(4)16-23/h6-9,16-18,21,26H,5,10-15H2,1-4H3,(H,28,30)/t26-/m0/s1. The number of nitrogens with one attached hydrogen (secondary N) is 1. The summed E-state index contributed by atoms with van der Waals surface area (Å²) in [5.41, 5.74) is 3.00. The first-order valence-corrected chi connectivity index (χ1v) is 13.9. The van der Waals surface area contributed by atoms with Crippen LogP contribution in [0.1, 0.15) is 55.8 Å². The average Bonchev–Trinajstić information content (AvgIpc) is 3.09. The molecule has 0 saturated carbocycles. The van der Waals surface area contributed by atoms with Crippen molar-refractivity contribution in [1.82, 2.24) is 9.62 Å². The second-order valence-electron chi connectivity index (χ2n) is 9.91. The van der Waals surface area contributed by atoms with Gasteiger partial charge in [0.25, 0.3) is 0 Å². The lowest BCUT2D eigenvalue weighted by Gasteiger charge is -2.32. The topological polar surface area (TPSA) is 84.9 Å². The van der Waals surface area contributed by atoms with Crippen molar-refractivity contribution in [2.24, 2.45) is 11.8 Å². The number of aryl methyl sites for hydroxylation is 2. The van der Waals surface area contributed by atoms with Crippen LogP contribution in [-0.2, 0) is 14.8 Å². The van der Waals surface area contributed by atoms with Crippen molar-refractivity contribution in [3.05, 3.63) is 53.1 Å². The van der Waals surface area contributed by atoms with Gasteiger partial charge < -0.3 is 14.8 Å². The van der Waals surface area contributed by atoms with Crippen molar-refractivity contribution in [2.75, 3.05) is 26.3 Å². The van der Waals surface area contributed by atoms with Crippen molar-refractivity contribution < 1.29 is 22.7 Å². The molecule has 8 heteroatoms. The van der Waals surface area contributed by atoms with E-state index in [1.54, 1.807) is 12.1 Å². The highest BCUT2D eigenvalue weighted by Crippen LogP contribution is 2.34. The number of piperidine rings is 1. The predicted molar refractivity (Wildman–Crippen MR) is 135 cm³/mol. The van der Waals surface area contributed by atoms with E-state index in [2.05, 4.69) is 19.2 Å². The van der Waals surface area contributed by atoms with Crippen LogP contribution in [0.4, 0.5) is 0 Å². The molecule has 7 nitrogen and oxygen atoms in total. The highest BCUT2D eigenvalue weighted by molar-refractivity contribution is 7.89. The lowest BCUT2D eigenvalue weighted by Crippen LogP contribution is -2.44. The maximum Gasteiger partial charge on any atom is 0.243 e. The Hall–Kier alpha value is -2.58. The molecular weight excluding hydrogens is 464 g/mol. The third-order valence-electron chi connectivity index (χ3n) is 7.04. The van der Waals surface area contributed by atoms with E-state index in [4.69, 9.17) is 9.47 Å². The minimum atomic E-state index is -3.57. The van der Waals surface area contributed by atoms with Crippen LogP contribution >= 0.6 is 0 Å². The van der Waals surface area contributed by atoms with E-state index in [0.29, 0.717) is 49.8 Å². The molecule has 4 rings (SSSR count). The van der Waals surface area contributed by atoms with Crippen LogP contribution in [0.2, 0.25) is 0 Å². The van der Waals surface area contributed by atoms with Gasteiger partial charge >= 0.3 is 0 Å². The summed E-state index contributed by atoms with van der Waals surface area (Å²) in [6.07, 6.45) is 1.84. The number of benzene rings is 2. The highest BCUT2D eigenvalue weighted by Gasteiger charge is 2.33. The fraction of sp³-hybridized carbons (Fsp3) is 0.519. The Morgan fingerprint density at radius 3 is 2.31 bits per heavy atom. The fourth-order valence-corrected chi connectivity index (χ4v) is 6.22. The summed E-state index contributed by atoms with van der Waals surface area (Å²) in [4.78, 5) is 13.5. The molecule has 1 fully saturated rings. The van der Waals surface area contributed by atoms with E-state index >= 15 is 0 Å². The van der Waals surface area contributed by atoms with E-state index in [-0.39, 0.29) is 23.8 Å². The molecule has 2 aliphatic rings. The second kappa shape index (κ2) is 10.6. The highest BCUT2D eigenvalue weighted by atomic mass is 32.2. The first-order chi connectivity index (χ1) is 16.7. The lowest BCUT2D eigenvalue weighted by molar-refractivity contribution is -0.127. The molecule has 1 saturated heterocycles. The number of hydrogen-bond donors (Lipinski definition) is 1. The van der Waals surface area contributed by atoms with Gasteiger partial charge in [-0.2, -0.15) is 4.31 Å². The first kappa shape index (κ1) is 25.5. The zero-order valence-corrected chi connectivity index (χ0v) is 21.9. The summed E-state index contributed by atoms with van der Waals surface area (Å²) in [5, 5.41) is 3.22. The van der Waals surface area contributed by atoms with Crippen LogP contribution in [-0.4, -0.2) is 44.9 Å². The van der Waals surface area contributed by atoms with Crippen molar-refractivity contribution in [1.29, 1.82) is 0 Å². The summed E-state index contributed by atoms with van der Waals surface area (Å²) in [5.74, 6) is 1.37. The second-order valence-corrected chi connectivity index (χ2v) is 11.8. The van der Waals surface area contributed by atoms with E-state index in [1.165, 1.54) is 4.31 Å². The molecule has 1 atom stereocenters. The fourth-order valence-electron chi connectivity index (χ4n) is 4.66. The van der Waals surface area contributed by atoms with Gasteiger partial charge in [-0.3, -0.25) is 4.79 Å². The van der Waals surface area contributed by atoms with Crippen LogP contribution in [0.5, 0.6) is 11.5 Å². The van der Waals surface area contributed by atoms with E-state index in [9.17, 15) is 13.2 Å². The SMILES string of the molecule is Cc1ccc(S(=O)(=O)N2CCC(C(=O)N[C@H](c3ccc4c(c3)OCCCO4)C(C)C)CC2)cc1C. The predicted octanol–water partition coefficient (Wildman–Crippen LogP) is 4.38. The van der Waals surface area contributed by atoms with Gasteiger partial charge in [-0.15, -0.1) is 0 Å². The van der Waals surface area contributed by atoms with Crippen molar-refractivity contribution in [3.63, 3.8) is 0 Å². The molecule has 2 aliphatic heterocycles. The molecule has 0 radical (unpaired) electrons. The maximum atomic E-state index is 13.2. The quantitative estimate of drug-likeness (QED) is 0.636. The largest absolute Gasteiger partial charge is 0.490 e. The van der Waals surface area contributed by atoms with Crippen LogP contribution in [0.3, 0.4) is 0 Å². The zero-order valence-electron chi connectivity index (χ0n) is 21.0. The third-order valence-corrected chi connectivity index (χ3v) is 8.93. The van der Waals surface area contributed by atoms with Crippen LogP contribution in [0.15, 0.2) is 41.3 Å². The van der Waals surface area contributed by atoms with Crippen molar-refractivity contribution >= 4 is 15.9 Å². The molecule has 0 bridgehead atoms. The lowest BCUT2D eigenvalue weighted by atomic mass is 9.92. The Kier molecular flexibility index (Phi) is 7.71. The molecule has 35 heavy (non-hydrogen) atoms. The molecule has 1 amide bonds. The molecular formula is C27H36N2O5S. The maximum absolute atomic E-state index is 13.2. The molecule has 2 aromatic rings. The Labute approximate surface area is 208 Å². The number of carbonyl (C=O) groups excluding carboxylic acids is 1. The summed E-state index contributed by atoms with van der Waals surface area (Å²) in [7, 11) is -3.57. The minimum absolute atomic E-state index is 0.0287. The molecule has 0 aromatic heterocycles. The van der Waals surface area contributed by atoms with Gasteiger partial charge in [-0.25, -0.2) is 8.42 Å². The molecule has 0 spiro atoms. The van der Waals surface area contributed by atoms with Crippen LogP contribution in [0.25, 0.3) is 0 Å². The van der Waals surface area contributed by atoms with Gasteiger partial charge in [-0.1, -0.05) is 26.0 Å². The van der Waals surface area contributed by atoms with Crippen molar-refractivity contribution in [2.45, 2.75) is 57.9 Å². The molecule has 2 heterocycles. The minimum Gasteiger partial charge on any atom is -0.490 e. The number of sulfonamides is 1. The van der Waals surface area contributed by atoms with Gasteiger partial charge in [0.05, 0.1) is 24.2 Å². The van der Waals surface area contributed by atoms with Crippen LogP contribution < -0.4 is 14.8 Å². The van der Waals surface area contributed by atoms with E-state index < -0.39 is 10.0 Å². The first-order valence-electron chi connectivity index (χ1n) is 12.4. The molecule has 190 valence electrons. The normalized spacial score (nSPS) is 18.2. The summed E-state index contributed by atoms with van der Waals surface area (Å²) in [6, 6.07) is 10.9. The Balaban J connectivity index is 1.41. The molecule has 0 aliphatic carbocycles. The average molecular weight is 501 g/mol. The number of fused-ring (bicyclic) bond motifs is 1. The van der Waals surface area contributed by atoms with Crippen LogP contribution in [0, 0.1) is 25.7 Å². The monoisotopic (exact) mass is 500 g/mol. The smallest absolute Gasteiger partial charge is 0.243 e.